The molecule has 134 valence electrons. The zero-order valence-corrected chi connectivity index (χ0v) is 16.4. The first kappa shape index (κ1) is 21.9. The van der Waals surface area contributed by atoms with E-state index in [0.717, 1.165) is 0 Å². The van der Waals surface area contributed by atoms with E-state index in [1.165, 1.54) is 26.5 Å². The van der Waals surface area contributed by atoms with Crippen molar-refractivity contribution in [1.82, 2.24) is 4.98 Å². The van der Waals surface area contributed by atoms with Crippen LogP contribution in [0.1, 0.15) is 34.1 Å². The van der Waals surface area contributed by atoms with Gasteiger partial charge in [0.2, 0.25) is 0 Å². The van der Waals surface area contributed by atoms with E-state index in [4.69, 9.17) is 0 Å². The fourth-order valence-electron chi connectivity index (χ4n) is 1.89. The normalized spacial score (nSPS) is 12.3. The molecule has 0 atom stereocenters. The van der Waals surface area contributed by atoms with Crippen molar-refractivity contribution >= 4 is 25.4 Å². The maximum atomic E-state index is 11.7. The van der Waals surface area contributed by atoms with Crippen molar-refractivity contribution in [3.63, 3.8) is 0 Å². The molecule has 1 heterocycles. The van der Waals surface area contributed by atoms with Crippen LogP contribution in [-0.4, -0.2) is 51.5 Å². The highest BCUT2D eigenvalue weighted by molar-refractivity contribution is 8.10. The van der Waals surface area contributed by atoms with Gasteiger partial charge in [-0.3, -0.25) is 4.98 Å². The summed E-state index contributed by atoms with van der Waals surface area (Å²) in [6.45, 7) is 5.81. The minimum atomic E-state index is -3.57. The first-order valence-electron chi connectivity index (χ1n) is 7.51. The molecular formula is C15H28N2O4S2. The number of hydrogen-bond donors (Lipinski definition) is 0. The highest BCUT2D eigenvalue weighted by atomic mass is 32.3. The molecule has 0 aromatic carbocycles. The average Bonchev–Trinajstić information content (AvgIpc) is 2.54. The first-order valence-corrected chi connectivity index (χ1v) is 10.8. The van der Waals surface area contributed by atoms with Gasteiger partial charge in [-0.25, -0.2) is 16.8 Å². The van der Waals surface area contributed by atoms with Crippen LogP contribution in [0.15, 0.2) is 24.5 Å². The Balaban J connectivity index is 0.000000459. The predicted octanol–water partition coefficient (Wildman–Crippen LogP) is 2.13. The lowest BCUT2D eigenvalue weighted by Gasteiger charge is -2.26. The van der Waals surface area contributed by atoms with E-state index in [1.54, 1.807) is 19.3 Å². The molecule has 0 radical (unpaired) electrons. The van der Waals surface area contributed by atoms with Crippen LogP contribution in [0.25, 0.3) is 0 Å². The Morgan fingerprint density at radius 2 is 1.35 bits per heavy atom. The Bertz CT molecular complexity index is 635. The third kappa shape index (κ3) is 5.17. The van der Waals surface area contributed by atoms with Gasteiger partial charge in [0.15, 0.2) is 23.8 Å². The summed E-state index contributed by atoms with van der Waals surface area (Å²) in [5.74, 6) is -0.285. The summed E-state index contributed by atoms with van der Waals surface area (Å²) in [4.78, 5) is 5.94. The van der Waals surface area contributed by atoms with Crippen LogP contribution < -0.4 is 4.90 Å². The van der Waals surface area contributed by atoms with Gasteiger partial charge in [-0.15, -0.1) is 0 Å². The number of sulfone groups is 2. The van der Waals surface area contributed by atoms with Gasteiger partial charge in [0.1, 0.15) is 0 Å². The highest BCUT2D eigenvalue weighted by Crippen LogP contribution is 2.29. The summed E-state index contributed by atoms with van der Waals surface area (Å²) >= 11 is 0. The number of hydrogen-bond acceptors (Lipinski definition) is 6. The minimum absolute atomic E-state index is 0.0966. The Morgan fingerprint density at radius 3 is 1.57 bits per heavy atom. The van der Waals surface area contributed by atoms with E-state index in [9.17, 15) is 16.8 Å². The molecule has 0 aliphatic carbocycles. The van der Waals surface area contributed by atoms with E-state index in [1.807, 2.05) is 31.1 Å². The molecule has 0 saturated heterocycles. The maximum Gasteiger partial charge on any atom is 0.170 e. The summed E-state index contributed by atoms with van der Waals surface area (Å²) in [6, 6.07) is 3.94. The van der Waals surface area contributed by atoms with Gasteiger partial charge >= 0.3 is 0 Å². The lowest BCUT2D eigenvalue weighted by Crippen LogP contribution is -2.44. The quantitative estimate of drug-likeness (QED) is 0.769. The third-order valence-electron chi connectivity index (χ3n) is 3.90. The van der Waals surface area contributed by atoms with Crippen molar-refractivity contribution in [1.29, 1.82) is 0 Å². The summed E-state index contributed by atoms with van der Waals surface area (Å²) in [7, 11) is -3.12. The van der Waals surface area contributed by atoms with Crippen molar-refractivity contribution in [3.05, 3.63) is 24.5 Å². The van der Waals surface area contributed by atoms with Crippen LogP contribution in [0.4, 0.5) is 5.69 Å². The molecule has 0 amide bonds. The molecule has 1 aromatic rings. The van der Waals surface area contributed by atoms with E-state index in [-0.39, 0.29) is 17.9 Å². The van der Waals surface area contributed by atoms with Gasteiger partial charge in [0, 0.05) is 43.7 Å². The van der Waals surface area contributed by atoms with Gasteiger partial charge < -0.3 is 4.90 Å². The SMILES string of the molecule is CCC(C)(S(=O)(=O)CC)S(=O)(=O)CC.CN(C)c1ccncc1. The maximum absolute atomic E-state index is 11.7. The molecule has 23 heavy (non-hydrogen) atoms. The summed E-state index contributed by atoms with van der Waals surface area (Å²) in [5, 5.41) is 0. The largest absolute Gasteiger partial charge is 0.378 e. The molecule has 1 aromatic heterocycles. The molecule has 0 aliphatic rings. The van der Waals surface area contributed by atoms with Crippen LogP contribution >= 0.6 is 0 Å². The average molecular weight is 365 g/mol. The number of rotatable bonds is 6. The second kappa shape index (κ2) is 8.63. The smallest absolute Gasteiger partial charge is 0.170 e. The number of aromatic nitrogens is 1. The molecule has 1 rings (SSSR count). The Hall–Kier alpha value is -1.15. The summed E-state index contributed by atoms with van der Waals surface area (Å²) < 4.78 is 45.1. The van der Waals surface area contributed by atoms with Gasteiger partial charge in [-0.05, 0) is 25.5 Å². The van der Waals surface area contributed by atoms with Gasteiger partial charge in [-0.2, -0.15) is 0 Å². The lowest BCUT2D eigenvalue weighted by atomic mass is 10.4. The van der Waals surface area contributed by atoms with Crippen molar-refractivity contribution < 1.29 is 16.8 Å². The van der Waals surface area contributed by atoms with Gasteiger partial charge in [0.05, 0.1) is 0 Å². The van der Waals surface area contributed by atoms with E-state index < -0.39 is 23.8 Å². The van der Waals surface area contributed by atoms with Crippen LogP contribution in [0, 0.1) is 0 Å². The zero-order valence-electron chi connectivity index (χ0n) is 14.8. The number of pyridine rings is 1. The van der Waals surface area contributed by atoms with Crippen LogP contribution in [0.3, 0.4) is 0 Å². The second-order valence-electron chi connectivity index (χ2n) is 5.39. The molecule has 0 bridgehead atoms. The van der Waals surface area contributed by atoms with Crippen molar-refractivity contribution in [2.24, 2.45) is 0 Å². The Kier molecular flexibility index (Phi) is 8.20. The third-order valence-corrected chi connectivity index (χ3v) is 10.1. The zero-order chi connectivity index (χ0) is 18.3. The molecule has 6 nitrogen and oxygen atoms in total. The Morgan fingerprint density at radius 1 is 0.957 bits per heavy atom. The summed E-state index contributed by atoms with van der Waals surface area (Å²) in [5.41, 5.74) is 1.19. The number of nitrogens with zero attached hydrogens (tertiary/aromatic N) is 2. The molecule has 0 saturated carbocycles. The van der Waals surface area contributed by atoms with Crippen molar-refractivity contribution in [2.75, 3.05) is 30.5 Å². The first-order chi connectivity index (χ1) is 10.5. The number of anilines is 1. The fraction of sp³-hybridized carbons (Fsp3) is 0.667. The molecule has 8 heteroatoms. The molecule has 0 N–H and O–H groups in total. The van der Waals surface area contributed by atoms with E-state index in [0.29, 0.717) is 0 Å². The molecular weight excluding hydrogens is 336 g/mol. The summed E-state index contributed by atoms with van der Waals surface area (Å²) in [6.07, 6.45) is 3.67. The molecule has 0 aliphatic heterocycles. The lowest BCUT2D eigenvalue weighted by molar-refractivity contribution is 0.543. The van der Waals surface area contributed by atoms with Crippen molar-refractivity contribution in [3.8, 4) is 0 Å². The predicted molar refractivity (Wildman–Crippen MR) is 96.2 cm³/mol. The second-order valence-corrected chi connectivity index (χ2v) is 11.1. The van der Waals surface area contributed by atoms with Gasteiger partial charge in [-0.1, -0.05) is 20.8 Å². The van der Waals surface area contributed by atoms with E-state index >= 15 is 0 Å². The van der Waals surface area contributed by atoms with Crippen molar-refractivity contribution in [2.45, 2.75) is 38.2 Å². The molecule has 0 spiro atoms. The topological polar surface area (TPSA) is 84.4 Å². The van der Waals surface area contributed by atoms with E-state index in [2.05, 4.69) is 4.98 Å². The Labute approximate surface area is 140 Å². The van der Waals surface area contributed by atoms with Gasteiger partial charge in [0.25, 0.3) is 0 Å². The highest BCUT2D eigenvalue weighted by Gasteiger charge is 2.47. The standard InChI is InChI=1S/C8H18O4S2.C7H10N2/c1-5-8(4,13(9,10)6-2)14(11,12)7-3;1-9(2)7-3-5-8-6-4-7/h5-7H2,1-4H3;3-6H,1-2H3. The van der Waals surface area contributed by atoms with Crippen LogP contribution in [-0.2, 0) is 19.7 Å². The minimum Gasteiger partial charge on any atom is -0.378 e. The molecule has 0 fully saturated rings. The molecule has 0 unspecified atom stereocenters. The van der Waals surface area contributed by atoms with Crippen LogP contribution in [0.5, 0.6) is 0 Å². The van der Waals surface area contributed by atoms with Crippen LogP contribution in [0.2, 0.25) is 0 Å². The monoisotopic (exact) mass is 364 g/mol. The fourth-order valence-corrected chi connectivity index (χ4v) is 6.24.